The van der Waals surface area contributed by atoms with E-state index in [1.54, 1.807) is 19.1 Å². The Hall–Kier alpha value is -3.87. The molecule has 3 aromatic carbocycles. The van der Waals surface area contributed by atoms with Crippen molar-refractivity contribution < 1.29 is 28.5 Å². The Morgan fingerprint density at radius 3 is 2.18 bits per heavy atom. The van der Waals surface area contributed by atoms with Gasteiger partial charge in [-0.05, 0) is 41.3 Å². The van der Waals surface area contributed by atoms with Gasteiger partial charge in [0, 0.05) is 13.1 Å². The van der Waals surface area contributed by atoms with Crippen molar-refractivity contribution in [2.24, 2.45) is 0 Å². The number of hydrogen-bond donors (Lipinski definition) is 0. The SMILES string of the molecule is COc1ccc(CN2CCc3cc(OC)c(OC)c(OC)c3C2=O)cc1OCc1ccccc1. The Balaban J connectivity index is 1.58. The second kappa shape index (κ2) is 10.4. The third kappa shape index (κ3) is 4.59. The van der Waals surface area contributed by atoms with E-state index in [-0.39, 0.29) is 5.91 Å². The van der Waals surface area contributed by atoms with Gasteiger partial charge in [-0.3, -0.25) is 4.79 Å². The van der Waals surface area contributed by atoms with Crippen molar-refractivity contribution in [1.29, 1.82) is 0 Å². The number of methoxy groups -OCH3 is 4. The van der Waals surface area contributed by atoms with Crippen LogP contribution in [0.25, 0.3) is 0 Å². The zero-order valence-corrected chi connectivity index (χ0v) is 19.9. The van der Waals surface area contributed by atoms with Crippen molar-refractivity contribution in [2.45, 2.75) is 19.6 Å². The van der Waals surface area contributed by atoms with Crippen LogP contribution < -0.4 is 23.7 Å². The fourth-order valence-electron chi connectivity index (χ4n) is 4.19. The molecule has 0 aliphatic carbocycles. The molecule has 34 heavy (non-hydrogen) atoms. The minimum Gasteiger partial charge on any atom is -0.493 e. The van der Waals surface area contributed by atoms with Gasteiger partial charge in [0.15, 0.2) is 23.0 Å². The molecular weight excluding hydrogens is 434 g/mol. The smallest absolute Gasteiger partial charge is 0.258 e. The quantitative estimate of drug-likeness (QED) is 0.466. The van der Waals surface area contributed by atoms with Crippen molar-refractivity contribution >= 4 is 5.91 Å². The predicted molar refractivity (Wildman–Crippen MR) is 128 cm³/mol. The molecule has 0 aromatic heterocycles. The molecule has 0 unspecified atom stereocenters. The Bertz CT molecular complexity index is 1160. The first-order chi connectivity index (χ1) is 16.6. The van der Waals surface area contributed by atoms with E-state index in [2.05, 4.69) is 0 Å². The fraction of sp³-hybridized carbons (Fsp3) is 0.296. The van der Waals surface area contributed by atoms with E-state index in [1.807, 2.05) is 54.6 Å². The number of rotatable bonds is 9. The molecule has 0 N–H and O–H groups in total. The Morgan fingerprint density at radius 2 is 1.50 bits per heavy atom. The lowest BCUT2D eigenvalue weighted by atomic mass is 9.96. The van der Waals surface area contributed by atoms with E-state index in [9.17, 15) is 4.79 Å². The Labute approximate surface area is 199 Å². The van der Waals surface area contributed by atoms with Crippen LogP contribution in [0.2, 0.25) is 0 Å². The van der Waals surface area contributed by atoms with Crippen molar-refractivity contribution in [2.75, 3.05) is 35.0 Å². The normalized spacial score (nSPS) is 12.7. The standard InChI is InChI=1S/C27H29NO6/c1-30-21-11-10-19(14-22(21)34-17-18-8-6-5-7-9-18)16-28-13-12-20-15-23(31-2)25(32-3)26(33-4)24(20)27(28)29/h5-11,14-15H,12-13,16-17H2,1-4H3. The van der Waals surface area contributed by atoms with Crippen LogP contribution in [-0.2, 0) is 19.6 Å². The molecular formula is C27H29NO6. The number of amides is 1. The lowest BCUT2D eigenvalue weighted by Crippen LogP contribution is -2.37. The van der Waals surface area contributed by atoms with E-state index in [0.29, 0.717) is 60.4 Å². The van der Waals surface area contributed by atoms with E-state index in [0.717, 1.165) is 16.7 Å². The van der Waals surface area contributed by atoms with Gasteiger partial charge in [0.1, 0.15) is 6.61 Å². The van der Waals surface area contributed by atoms with Gasteiger partial charge >= 0.3 is 0 Å². The van der Waals surface area contributed by atoms with Crippen molar-refractivity contribution in [3.63, 3.8) is 0 Å². The molecule has 0 saturated heterocycles. The molecule has 0 saturated carbocycles. The van der Waals surface area contributed by atoms with Crippen LogP contribution in [0, 0.1) is 0 Å². The minimum atomic E-state index is -0.110. The number of carbonyl (C=O) groups is 1. The summed E-state index contributed by atoms with van der Waals surface area (Å²) in [6.45, 7) is 1.44. The molecule has 0 atom stereocenters. The topological polar surface area (TPSA) is 66.5 Å². The lowest BCUT2D eigenvalue weighted by Gasteiger charge is -2.31. The monoisotopic (exact) mass is 463 g/mol. The van der Waals surface area contributed by atoms with Crippen molar-refractivity contribution in [3.8, 4) is 28.7 Å². The van der Waals surface area contributed by atoms with Crippen LogP contribution in [0.4, 0.5) is 0 Å². The Morgan fingerprint density at radius 1 is 0.765 bits per heavy atom. The first kappa shape index (κ1) is 23.3. The summed E-state index contributed by atoms with van der Waals surface area (Å²) < 4.78 is 28.0. The maximum absolute atomic E-state index is 13.5. The molecule has 0 bridgehead atoms. The highest BCUT2D eigenvalue weighted by molar-refractivity contribution is 6.01. The van der Waals surface area contributed by atoms with Crippen LogP contribution in [0.1, 0.15) is 27.0 Å². The summed E-state index contributed by atoms with van der Waals surface area (Å²) in [5.74, 6) is 2.54. The number of nitrogens with zero attached hydrogens (tertiary/aromatic N) is 1. The molecule has 3 aromatic rings. The molecule has 7 nitrogen and oxygen atoms in total. The summed E-state index contributed by atoms with van der Waals surface area (Å²) in [5, 5.41) is 0. The number of hydrogen-bond acceptors (Lipinski definition) is 6. The molecule has 1 heterocycles. The highest BCUT2D eigenvalue weighted by atomic mass is 16.5. The molecule has 0 radical (unpaired) electrons. The molecule has 1 aliphatic heterocycles. The van der Waals surface area contributed by atoms with Crippen LogP contribution >= 0.6 is 0 Å². The van der Waals surface area contributed by atoms with Crippen LogP contribution in [0.15, 0.2) is 54.6 Å². The van der Waals surface area contributed by atoms with Gasteiger partial charge in [-0.1, -0.05) is 36.4 Å². The van der Waals surface area contributed by atoms with Gasteiger partial charge in [0.2, 0.25) is 5.75 Å². The summed E-state index contributed by atoms with van der Waals surface area (Å²) in [4.78, 5) is 15.3. The number of benzene rings is 3. The van der Waals surface area contributed by atoms with E-state index in [1.165, 1.54) is 14.2 Å². The summed E-state index contributed by atoms with van der Waals surface area (Å²) in [6, 6.07) is 17.5. The number of carbonyl (C=O) groups excluding carboxylic acids is 1. The summed E-state index contributed by atoms with van der Waals surface area (Å²) >= 11 is 0. The maximum atomic E-state index is 13.5. The molecule has 0 spiro atoms. The predicted octanol–water partition coefficient (Wildman–Crippen LogP) is 4.50. The van der Waals surface area contributed by atoms with Crippen molar-refractivity contribution in [1.82, 2.24) is 4.90 Å². The van der Waals surface area contributed by atoms with Crippen LogP contribution in [0.3, 0.4) is 0 Å². The highest BCUT2D eigenvalue weighted by Gasteiger charge is 2.32. The van der Waals surface area contributed by atoms with Gasteiger partial charge in [-0.15, -0.1) is 0 Å². The molecule has 7 heteroatoms. The second-order valence-corrected chi connectivity index (χ2v) is 7.92. The molecule has 1 amide bonds. The third-order valence-electron chi connectivity index (χ3n) is 5.90. The zero-order valence-electron chi connectivity index (χ0n) is 19.9. The molecule has 178 valence electrons. The average Bonchev–Trinajstić information content (AvgIpc) is 2.88. The van der Waals surface area contributed by atoms with Gasteiger partial charge in [-0.2, -0.15) is 0 Å². The first-order valence-electron chi connectivity index (χ1n) is 11.0. The summed E-state index contributed by atoms with van der Waals surface area (Å²) in [6.07, 6.45) is 0.686. The van der Waals surface area contributed by atoms with Gasteiger partial charge in [-0.25, -0.2) is 0 Å². The lowest BCUT2D eigenvalue weighted by molar-refractivity contribution is 0.0721. The average molecular weight is 464 g/mol. The first-order valence-corrected chi connectivity index (χ1v) is 11.0. The van der Waals surface area contributed by atoms with Gasteiger partial charge in [0.05, 0.1) is 34.0 Å². The number of fused-ring (bicyclic) bond motifs is 1. The fourth-order valence-corrected chi connectivity index (χ4v) is 4.19. The van der Waals surface area contributed by atoms with Gasteiger partial charge in [0.25, 0.3) is 5.91 Å². The zero-order chi connectivity index (χ0) is 24.1. The molecule has 1 aliphatic rings. The van der Waals surface area contributed by atoms with Gasteiger partial charge < -0.3 is 28.6 Å². The summed E-state index contributed by atoms with van der Waals surface area (Å²) in [5.41, 5.74) is 3.41. The van der Waals surface area contributed by atoms with Crippen LogP contribution in [-0.4, -0.2) is 45.8 Å². The Kier molecular flexibility index (Phi) is 7.11. The minimum absolute atomic E-state index is 0.110. The largest absolute Gasteiger partial charge is 0.493 e. The summed E-state index contributed by atoms with van der Waals surface area (Å²) in [7, 11) is 6.25. The number of ether oxygens (including phenoxy) is 5. The van der Waals surface area contributed by atoms with Crippen LogP contribution in [0.5, 0.6) is 28.7 Å². The van der Waals surface area contributed by atoms with E-state index >= 15 is 0 Å². The highest BCUT2D eigenvalue weighted by Crippen LogP contribution is 2.44. The third-order valence-corrected chi connectivity index (χ3v) is 5.90. The second-order valence-electron chi connectivity index (χ2n) is 7.92. The molecule has 4 rings (SSSR count). The van der Waals surface area contributed by atoms with Crippen molar-refractivity contribution in [3.05, 3.63) is 76.9 Å². The van der Waals surface area contributed by atoms with E-state index in [4.69, 9.17) is 23.7 Å². The van der Waals surface area contributed by atoms with E-state index < -0.39 is 0 Å². The molecule has 0 fully saturated rings. The maximum Gasteiger partial charge on any atom is 0.258 e.